The third-order valence-corrected chi connectivity index (χ3v) is 7.12. The molecule has 0 heterocycles. The lowest BCUT2D eigenvalue weighted by atomic mass is 10.1. The van der Waals surface area contributed by atoms with Gasteiger partial charge in [-0.25, -0.2) is 8.42 Å². The summed E-state index contributed by atoms with van der Waals surface area (Å²) in [7, 11) is -2.12. The van der Waals surface area contributed by atoms with Crippen LogP contribution >= 0.6 is 0 Å². The summed E-state index contributed by atoms with van der Waals surface area (Å²) >= 11 is 0. The highest BCUT2D eigenvalue weighted by atomic mass is 32.2. The van der Waals surface area contributed by atoms with Gasteiger partial charge in [0.2, 0.25) is 21.8 Å². The highest BCUT2D eigenvalue weighted by Crippen LogP contribution is 2.29. The van der Waals surface area contributed by atoms with E-state index in [1.165, 1.54) is 11.4 Å². The Bertz CT molecular complexity index is 1120. The molecular formula is C27H39N3O5S. The number of hydrogen-bond acceptors (Lipinski definition) is 5. The Balaban J connectivity index is 2.17. The molecule has 0 saturated carbocycles. The summed E-state index contributed by atoms with van der Waals surface area (Å²) in [6.45, 7) is 6.73. The van der Waals surface area contributed by atoms with E-state index in [9.17, 15) is 18.0 Å². The van der Waals surface area contributed by atoms with E-state index in [1.54, 1.807) is 36.1 Å². The molecule has 36 heavy (non-hydrogen) atoms. The van der Waals surface area contributed by atoms with Crippen molar-refractivity contribution in [3.05, 3.63) is 59.7 Å². The quantitative estimate of drug-likeness (QED) is 0.384. The molecule has 0 aliphatic heterocycles. The Morgan fingerprint density at radius 1 is 1.08 bits per heavy atom. The zero-order valence-corrected chi connectivity index (χ0v) is 22.8. The van der Waals surface area contributed by atoms with E-state index in [-0.39, 0.29) is 24.8 Å². The summed E-state index contributed by atoms with van der Waals surface area (Å²) in [6, 6.07) is 14.1. The zero-order valence-electron chi connectivity index (χ0n) is 22.0. The average Bonchev–Trinajstić information content (AvgIpc) is 2.84. The van der Waals surface area contributed by atoms with Crippen molar-refractivity contribution >= 4 is 27.5 Å². The molecule has 8 nitrogen and oxygen atoms in total. The Morgan fingerprint density at radius 2 is 1.81 bits per heavy atom. The SMILES string of the molecule is CCCCNC(=O)C(C)N(Cc1cccc(C)c1)C(=O)CCCN(c1ccccc1OC)S(C)(=O)=O. The normalized spacial score (nSPS) is 12.0. The number of hydrogen-bond donors (Lipinski definition) is 1. The number of sulfonamides is 1. The Labute approximate surface area is 215 Å². The zero-order chi connectivity index (χ0) is 26.7. The van der Waals surface area contributed by atoms with Crippen molar-refractivity contribution in [2.24, 2.45) is 0 Å². The summed E-state index contributed by atoms with van der Waals surface area (Å²) in [4.78, 5) is 27.7. The van der Waals surface area contributed by atoms with Crippen molar-refractivity contribution < 1.29 is 22.7 Å². The van der Waals surface area contributed by atoms with E-state index in [1.807, 2.05) is 38.1 Å². The van der Waals surface area contributed by atoms with Crippen LogP contribution in [0.3, 0.4) is 0 Å². The second kappa shape index (κ2) is 13.9. The molecule has 0 fully saturated rings. The van der Waals surface area contributed by atoms with Crippen molar-refractivity contribution in [3.63, 3.8) is 0 Å². The fourth-order valence-corrected chi connectivity index (χ4v) is 4.91. The third-order valence-electron chi connectivity index (χ3n) is 5.94. The van der Waals surface area contributed by atoms with E-state index in [0.29, 0.717) is 30.9 Å². The lowest BCUT2D eigenvalue weighted by Gasteiger charge is -2.29. The molecule has 1 atom stereocenters. The predicted octanol–water partition coefficient (Wildman–Crippen LogP) is 3.88. The van der Waals surface area contributed by atoms with Gasteiger partial charge in [0, 0.05) is 26.1 Å². The number of carbonyl (C=O) groups is 2. The first-order valence-corrected chi connectivity index (χ1v) is 14.2. The van der Waals surface area contributed by atoms with Crippen LogP contribution < -0.4 is 14.4 Å². The summed E-state index contributed by atoms with van der Waals surface area (Å²) < 4.78 is 31.6. The van der Waals surface area contributed by atoms with Gasteiger partial charge in [0.25, 0.3) is 0 Å². The summed E-state index contributed by atoms with van der Waals surface area (Å²) in [5, 5.41) is 2.91. The van der Waals surface area contributed by atoms with Crippen LogP contribution in [-0.4, -0.2) is 57.6 Å². The molecule has 0 aliphatic rings. The minimum absolute atomic E-state index is 0.0968. The maximum Gasteiger partial charge on any atom is 0.242 e. The molecule has 2 amide bonds. The van der Waals surface area contributed by atoms with Gasteiger partial charge in [0.15, 0.2) is 0 Å². The summed E-state index contributed by atoms with van der Waals surface area (Å²) in [5.41, 5.74) is 2.43. The molecule has 0 radical (unpaired) electrons. The van der Waals surface area contributed by atoms with Gasteiger partial charge in [-0.2, -0.15) is 0 Å². The van der Waals surface area contributed by atoms with E-state index < -0.39 is 16.1 Å². The summed E-state index contributed by atoms with van der Waals surface area (Å²) in [6.07, 6.45) is 3.35. The van der Waals surface area contributed by atoms with E-state index in [0.717, 1.165) is 30.2 Å². The molecule has 198 valence electrons. The maximum absolute atomic E-state index is 13.4. The number of carbonyl (C=O) groups excluding carboxylic acids is 2. The van der Waals surface area contributed by atoms with Crippen molar-refractivity contribution in [3.8, 4) is 5.75 Å². The van der Waals surface area contributed by atoms with Crippen LogP contribution in [0.25, 0.3) is 0 Å². The molecule has 2 aromatic carbocycles. The van der Waals surface area contributed by atoms with Crippen LogP contribution in [0.4, 0.5) is 5.69 Å². The van der Waals surface area contributed by atoms with Crippen LogP contribution in [0.15, 0.2) is 48.5 Å². The molecule has 0 aromatic heterocycles. The molecule has 0 spiro atoms. The van der Waals surface area contributed by atoms with Crippen molar-refractivity contribution in [2.75, 3.05) is 30.8 Å². The number of nitrogens with zero attached hydrogens (tertiary/aromatic N) is 2. The Kier molecular flexibility index (Phi) is 11.2. The predicted molar refractivity (Wildman–Crippen MR) is 144 cm³/mol. The van der Waals surface area contributed by atoms with Gasteiger partial charge in [-0.3, -0.25) is 13.9 Å². The minimum atomic E-state index is -3.60. The molecular weight excluding hydrogens is 478 g/mol. The molecule has 0 bridgehead atoms. The van der Waals surface area contributed by atoms with Gasteiger partial charge in [-0.1, -0.05) is 55.3 Å². The van der Waals surface area contributed by atoms with Gasteiger partial charge in [0.1, 0.15) is 11.8 Å². The highest BCUT2D eigenvalue weighted by molar-refractivity contribution is 7.92. The maximum atomic E-state index is 13.4. The molecule has 2 aromatic rings. The lowest BCUT2D eigenvalue weighted by molar-refractivity contribution is -0.140. The average molecular weight is 518 g/mol. The van der Waals surface area contributed by atoms with E-state index in [2.05, 4.69) is 5.32 Å². The number of aryl methyl sites for hydroxylation is 1. The fourth-order valence-electron chi connectivity index (χ4n) is 3.94. The number of para-hydroxylation sites is 2. The van der Waals surface area contributed by atoms with Gasteiger partial charge >= 0.3 is 0 Å². The first-order chi connectivity index (χ1) is 17.1. The van der Waals surface area contributed by atoms with Gasteiger partial charge in [-0.15, -0.1) is 0 Å². The van der Waals surface area contributed by atoms with Crippen molar-refractivity contribution in [1.29, 1.82) is 0 Å². The third kappa shape index (κ3) is 8.55. The second-order valence-electron chi connectivity index (χ2n) is 8.94. The highest BCUT2D eigenvalue weighted by Gasteiger charge is 2.27. The standard InChI is InChI=1S/C27H39N3O5S/c1-6-7-17-28-27(32)22(3)29(20-23-13-10-12-21(2)19-23)26(31)16-11-18-30(36(5,33)34)24-14-8-9-15-25(24)35-4/h8-10,12-15,19,22H,6-7,11,16-18,20H2,1-5H3,(H,28,32). The fraction of sp³-hybridized carbons (Fsp3) is 0.481. The number of nitrogens with one attached hydrogen (secondary N) is 1. The van der Waals surface area contributed by atoms with Crippen molar-refractivity contribution in [2.45, 2.75) is 59.0 Å². The number of methoxy groups -OCH3 is 1. The van der Waals surface area contributed by atoms with E-state index >= 15 is 0 Å². The largest absolute Gasteiger partial charge is 0.495 e. The smallest absolute Gasteiger partial charge is 0.242 e. The van der Waals surface area contributed by atoms with Gasteiger partial charge in [-0.05, 0) is 44.4 Å². The number of amides is 2. The Morgan fingerprint density at radius 3 is 2.44 bits per heavy atom. The number of ether oxygens (including phenoxy) is 1. The van der Waals surface area contributed by atoms with Crippen LogP contribution in [-0.2, 0) is 26.2 Å². The Hall–Kier alpha value is -3.07. The van der Waals surface area contributed by atoms with Crippen LogP contribution in [0.2, 0.25) is 0 Å². The topological polar surface area (TPSA) is 96.0 Å². The molecule has 0 aliphatic carbocycles. The van der Waals surface area contributed by atoms with E-state index in [4.69, 9.17) is 4.74 Å². The molecule has 9 heteroatoms. The van der Waals surface area contributed by atoms with Crippen LogP contribution in [0.1, 0.15) is 50.7 Å². The first kappa shape index (κ1) is 29.2. The number of unbranched alkanes of at least 4 members (excludes halogenated alkanes) is 1. The minimum Gasteiger partial charge on any atom is -0.495 e. The van der Waals surface area contributed by atoms with Crippen LogP contribution in [0.5, 0.6) is 5.75 Å². The molecule has 2 rings (SSSR count). The first-order valence-electron chi connectivity index (χ1n) is 12.3. The summed E-state index contributed by atoms with van der Waals surface area (Å²) in [5.74, 6) is 0.0343. The van der Waals surface area contributed by atoms with Crippen LogP contribution in [0, 0.1) is 6.92 Å². The molecule has 1 unspecified atom stereocenters. The number of benzene rings is 2. The monoisotopic (exact) mass is 517 g/mol. The second-order valence-corrected chi connectivity index (χ2v) is 10.8. The van der Waals surface area contributed by atoms with Gasteiger partial charge < -0.3 is 15.0 Å². The van der Waals surface area contributed by atoms with Gasteiger partial charge in [0.05, 0.1) is 19.1 Å². The number of rotatable bonds is 14. The molecule has 1 N–H and O–H groups in total. The number of anilines is 1. The molecule has 0 saturated heterocycles. The van der Waals surface area contributed by atoms with Crippen molar-refractivity contribution in [1.82, 2.24) is 10.2 Å². The lowest BCUT2D eigenvalue weighted by Crippen LogP contribution is -2.48.